The fourth-order valence-electron chi connectivity index (χ4n) is 2.92. The molecule has 4 nitrogen and oxygen atoms in total. The molecule has 4 rings (SSSR count). The first-order valence-corrected chi connectivity index (χ1v) is 7.95. The molecule has 122 valence electrons. The summed E-state index contributed by atoms with van der Waals surface area (Å²) in [4.78, 5) is 15.6. The van der Waals surface area contributed by atoms with Gasteiger partial charge in [0.25, 0.3) is 0 Å². The largest absolute Gasteiger partial charge is 0.550 e. The van der Waals surface area contributed by atoms with Crippen LogP contribution in [0.2, 0.25) is 0 Å². The van der Waals surface area contributed by atoms with Crippen LogP contribution in [0.5, 0.6) is 0 Å². The molecule has 0 aliphatic carbocycles. The van der Waals surface area contributed by atoms with Crippen LogP contribution < -0.4 is 5.11 Å². The summed E-state index contributed by atoms with van der Waals surface area (Å²) >= 11 is 0. The number of para-hydroxylation sites is 2. The molecular formula is C21H14NO3-. The van der Waals surface area contributed by atoms with Crippen molar-refractivity contribution in [1.82, 2.24) is 4.98 Å². The lowest BCUT2D eigenvalue weighted by Crippen LogP contribution is -2.22. The van der Waals surface area contributed by atoms with Crippen molar-refractivity contribution in [1.29, 1.82) is 0 Å². The second-order valence-electron chi connectivity index (χ2n) is 5.77. The lowest BCUT2D eigenvalue weighted by molar-refractivity contribution is -0.304. The number of carboxylic acids is 1. The monoisotopic (exact) mass is 328 g/mol. The van der Waals surface area contributed by atoms with Crippen LogP contribution in [-0.2, 0) is 4.79 Å². The number of carboxylic acid groups (broad SMARTS) is 1. The Kier molecular flexibility index (Phi) is 3.78. The number of benzene rings is 3. The van der Waals surface area contributed by atoms with Crippen molar-refractivity contribution < 1.29 is 14.3 Å². The number of carbonyl (C=O) groups excluding carboxylic acids is 1. The minimum atomic E-state index is -1.17. The van der Waals surface area contributed by atoms with Gasteiger partial charge >= 0.3 is 0 Å². The van der Waals surface area contributed by atoms with Gasteiger partial charge < -0.3 is 14.3 Å². The van der Waals surface area contributed by atoms with Gasteiger partial charge in [0.05, 0.1) is 0 Å². The van der Waals surface area contributed by atoms with E-state index in [9.17, 15) is 9.90 Å². The zero-order valence-electron chi connectivity index (χ0n) is 13.3. The van der Waals surface area contributed by atoms with Crippen molar-refractivity contribution in [3.05, 3.63) is 78.2 Å². The molecule has 0 radical (unpaired) electrons. The molecular weight excluding hydrogens is 314 g/mol. The van der Waals surface area contributed by atoms with Gasteiger partial charge in [-0.2, -0.15) is 0 Å². The van der Waals surface area contributed by atoms with Crippen LogP contribution in [0.15, 0.2) is 71.1 Å². The van der Waals surface area contributed by atoms with Crippen LogP contribution >= 0.6 is 0 Å². The zero-order valence-corrected chi connectivity index (χ0v) is 13.3. The van der Waals surface area contributed by atoms with Gasteiger partial charge in [0.1, 0.15) is 5.52 Å². The molecule has 0 atom stereocenters. The fraction of sp³-hybridized carbons (Fsp3) is 0.0476. The maximum Gasteiger partial charge on any atom is 0.223 e. The number of oxazole rings is 1. The summed E-state index contributed by atoms with van der Waals surface area (Å²) in [6.45, 7) is 0. The molecule has 0 amide bonds. The molecule has 0 aliphatic heterocycles. The first kappa shape index (κ1) is 15.1. The minimum Gasteiger partial charge on any atom is -0.550 e. The highest BCUT2D eigenvalue weighted by molar-refractivity contribution is 5.97. The second kappa shape index (κ2) is 6.24. The van der Waals surface area contributed by atoms with Crippen LogP contribution in [0.1, 0.15) is 17.9 Å². The number of aromatic nitrogens is 1. The third kappa shape index (κ3) is 3.02. The average Bonchev–Trinajstić information content (AvgIpc) is 3.05. The highest BCUT2D eigenvalue weighted by Gasteiger charge is 2.12. The number of hydrogen-bond donors (Lipinski definition) is 0. The van der Waals surface area contributed by atoms with Gasteiger partial charge in [0, 0.05) is 18.0 Å². The fourth-order valence-corrected chi connectivity index (χ4v) is 2.92. The highest BCUT2D eigenvalue weighted by atomic mass is 16.4. The molecule has 0 fully saturated rings. The van der Waals surface area contributed by atoms with Crippen LogP contribution in [-0.4, -0.2) is 11.0 Å². The number of fused-ring (bicyclic) bond motifs is 2. The van der Waals surface area contributed by atoms with Gasteiger partial charge in [-0.3, -0.25) is 0 Å². The molecule has 0 saturated carbocycles. The predicted octanol–water partition coefficient (Wildman–Crippen LogP) is 3.66. The van der Waals surface area contributed by atoms with E-state index >= 15 is 0 Å². The molecule has 1 aromatic heterocycles. The normalized spacial score (nSPS) is 11.9. The lowest BCUT2D eigenvalue weighted by atomic mass is 10.0. The Morgan fingerprint density at radius 3 is 2.60 bits per heavy atom. The third-order valence-corrected chi connectivity index (χ3v) is 4.06. The van der Waals surface area contributed by atoms with E-state index in [1.54, 1.807) is 6.07 Å². The molecule has 0 bridgehead atoms. The van der Waals surface area contributed by atoms with Crippen molar-refractivity contribution >= 4 is 39.5 Å². The predicted molar refractivity (Wildman–Crippen MR) is 95.5 cm³/mol. The summed E-state index contributed by atoms with van der Waals surface area (Å²) in [6, 6.07) is 21.2. The standard InChI is InChI=1S/C21H15NO3/c23-20(24)13-16(21-22-18-10-3-4-11-19(18)25-21)12-15-8-5-7-14-6-1-2-9-17(14)15/h1-12H,13H2,(H,23,24)/p-1/b16-12+. The molecule has 0 spiro atoms. The van der Waals surface area contributed by atoms with E-state index in [1.165, 1.54) is 0 Å². The second-order valence-corrected chi connectivity index (χ2v) is 5.77. The summed E-state index contributed by atoms with van der Waals surface area (Å²) in [5, 5.41) is 13.4. The number of aliphatic carboxylic acids is 1. The quantitative estimate of drug-likeness (QED) is 0.573. The van der Waals surface area contributed by atoms with E-state index in [-0.39, 0.29) is 6.42 Å². The third-order valence-electron chi connectivity index (χ3n) is 4.06. The molecule has 25 heavy (non-hydrogen) atoms. The summed E-state index contributed by atoms with van der Waals surface area (Å²) in [5.74, 6) is -0.868. The Morgan fingerprint density at radius 2 is 1.76 bits per heavy atom. The molecule has 0 aliphatic rings. The summed E-state index contributed by atoms with van der Waals surface area (Å²) in [7, 11) is 0. The van der Waals surface area contributed by atoms with Gasteiger partial charge in [-0.1, -0.05) is 54.6 Å². The SMILES string of the molecule is O=C([O-])C/C(=C\c1cccc2ccccc12)c1nc2ccccc2o1. The Balaban J connectivity index is 1.88. The van der Waals surface area contributed by atoms with E-state index in [0.717, 1.165) is 16.3 Å². The van der Waals surface area contributed by atoms with Crippen molar-refractivity contribution in [2.75, 3.05) is 0 Å². The minimum absolute atomic E-state index is 0.268. The number of nitrogens with zero attached hydrogens (tertiary/aromatic N) is 1. The summed E-state index contributed by atoms with van der Waals surface area (Å²) < 4.78 is 5.74. The Labute approximate surface area is 144 Å². The van der Waals surface area contributed by atoms with Gasteiger partial charge in [0.15, 0.2) is 5.58 Å². The lowest BCUT2D eigenvalue weighted by Gasteiger charge is -2.07. The first-order chi connectivity index (χ1) is 12.2. The van der Waals surface area contributed by atoms with Crippen LogP contribution in [0.3, 0.4) is 0 Å². The first-order valence-electron chi connectivity index (χ1n) is 7.95. The number of hydrogen-bond acceptors (Lipinski definition) is 4. The zero-order chi connectivity index (χ0) is 17.2. The smallest absolute Gasteiger partial charge is 0.223 e. The molecule has 1 heterocycles. The van der Waals surface area contributed by atoms with Crippen LogP contribution in [0.4, 0.5) is 0 Å². The Hall–Kier alpha value is -3.40. The maximum atomic E-state index is 11.2. The molecule has 3 aromatic carbocycles. The van der Waals surface area contributed by atoms with E-state index in [0.29, 0.717) is 22.6 Å². The van der Waals surface area contributed by atoms with E-state index < -0.39 is 5.97 Å². The topological polar surface area (TPSA) is 66.2 Å². The molecule has 0 saturated heterocycles. The van der Waals surface area contributed by atoms with E-state index in [4.69, 9.17) is 4.42 Å². The average molecular weight is 328 g/mol. The van der Waals surface area contributed by atoms with Crippen LogP contribution in [0.25, 0.3) is 33.5 Å². The van der Waals surface area contributed by atoms with Crippen molar-refractivity contribution in [2.45, 2.75) is 6.42 Å². The number of carbonyl (C=O) groups is 1. The molecule has 4 aromatic rings. The summed E-state index contributed by atoms with van der Waals surface area (Å²) in [6.07, 6.45) is 1.54. The Morgan fingerprint density at radius 1 is 1.00 bits per heavy atom. The van der Waals surface area contributed by atoms with Gasteiger partial charge in [0.2, 0.25) is 5.89 Å². The number of rotatable bonds is 4. The van der Waals surface area contributed by atoms with Crippen molar-refractivity contribution in [2.24, 2.45) is 0 Å². The maximum absolute atomic E-state index is 11.2. The molecule has 0 unspecified atom stereocenters. The highest BCUT2D eigenvalue weighted by Crippen LogP contribution is 2.27. The summed E-state index contributed by atoms with van der Waals surface area (Å²) in [5.41, 5.74) is 2.71. The van der Waals surface area contributed by atoms with Gasteiger partial charge in [-0.15, -0.1) is 0 Å². The van der Waals surface area contributed by atoms with Gasteiger partial charge in [-0.05, 0) is 34.5 Å². The van der Waals surface area contributed by atoms with Crippen molar-refractivity contribution in [3.63, 3.8) is 0 Å². The van der Waals surface area contributed by atoms with Crippen LogP contribution in [0, 0.1) is 0 Å². The molecule has 0 N–H and O–H groups in total. The Bertz CT molecular complexity index is 1070. The molecule has 4 heteroatoms. The van der Waals surface area contributed by atoms with E-state index in [2.05, 4.69) is 4.98 Å². The van der Waals surface area contributed by atoms with Gasteiger partial charge in [-0.25, -0.2) is 4.98 Å². The van der Waals surface area contributed by atoms with Crippen molar-refractivity contribution in [3.8, 4) is 0 Å². The van der Waals surface area contributed by atoms with E-state index in [1.807, 2.05) is 66.7 Å².